The summed E-state index contributed by atoms with van der Waals surface area (Å²) in [5.74, 6) is -0.157. The van der Waals surface area contributed by atoms with Gasteiger partial charge in [-0.25, -0.2) is 0 Å². The zero-order chi connectivity index (χ0) is 13.0. The number of benzene rings is 1. The number of rotatable bonds is 3. The zero-order valence-corrected chi connectivity index (χ0v) is 11.5. The molecule has 1 aromatic heterocycles. The molecule has 18 heavy (non-hydrogen) atoms. The van der Waals surface area contributed by atoms with Crippen molar-refractivity contribution in [3.05, 3.63) is 51.4 Å². The largest absolute Gasteiger partial charge is 0.507 e. The molecule has 0 fully saturated rings. The molecule has 0 atom stereocenters. The molecule has 5 nitrogen and oxygen atoms in total. The predicted molar refractivity (Wildman–Crippen MR) is 74.0 cm³/mol. The Morgan fingerprint density at radius 3 is 2.89 bits per heavy atom. The number of aromatic hydroxyl groups is 1. The molecule has 0 radical (unpaired) electrons. The molecule has 0 saturated heterocycles. The molecule has 1 heterocycles. The second-order valence-corrected chi connectivity index (χ2v) is 4.73. The van der Waals surface area contributed by atoms with Gasteiger partial charge in [0.2, 0.25) is 0 Å². The van der Waals surface area contributed by atoms with Crippen LogP contribution in [0.1, 0.15) is 16.1 Å². The SMILES string of the molecule is O=C(NCc1cccnn1)c1ccc(I)c(O)c1. The highest BCUT2D eigenvalue weighted by atomic mass is 127. The molecule has 2 rings (SSSR count). The van der Waals surface area contributed by atoms with Gasteiger partial charge in [-0.2, -0.15) is 10.2 Å². The number of phenolic OH excluding ortho intramolecular Hbond substituents is 1. The van der Waals surface area contributed by atoms with Crippen LogP contribution >= 0.6 is 22.6 Å². The number of nitrogens with one attached hydrogen (secondary N) is 1. The van der Waals surface area contributed by atoms with E-state index >= 15 is 0 Å². The first-order valence-electron chi connectivity index (χ1n) is 5.20. The third-order valence-corrected chi connectivity index (χ3v) is 3.18. The van der Waals surface area contributed by atoms with Gasteiger partial charge < -0.3 is 10.4 Å². The van der Waals surface area contributed by atoms with Crippen LogP contribution in [0.15, 0.2) is 36.5 Å². The molecule has 2 aromatic rings. The van der Waals surface area contributed by atoms with E-state index in [4.69, 9.17) is 0 Å². The monoisotopic (exact) mass is 355 g/mol. The van der Waals surface area contributed by atoms with Crippen LogP contribution in [0.2, 0.25) is 0 Å². The van der Waals surface area contributed by atoms with Crippen LogP contribution in [0, 0.1) is 3.57 Å². The minimum atomic E-state index is -0.257. The Morgan fingerprint density at radius 2 is 2.22 bits per heavy atom. The van der Waals surface area contributed by atoms with E-state index in [0.717, 1.165) is 0 Å². The number of amides is 1. The summed E-state index contributed by atoms with van der Waals surface area (Å²) in [4.78, 5) is 11.8. The van der Waals surface area contributed by atoms with Crippen molar-refractivity contribution in [2.75, 3.05) is 0 Å². The summed E-state index contributed by atoms with van der Waals surface area (Å²) in [6.45, 7) is 0.305. The number of nitrogens with zero attached hydrogens (tertiary/aromatic N) is 2. The molecule has 0 unspecified atom stereocenters. The molecule has 1 aromatic carbocycles. The molecular weight excluding hydrogens is 345 g/mol. The van der Waals surface area contributed by atoms with Crippen LogP contribution in [-0.2, 0) is 6.54 Å². The Morgan fingerprint density at radius 1 is 1.39 bits per heavy atom. The van der Waals surface area contributed by atoms with Gasteiger partial charge in [-0.1, -0.05) is 0 Å². The van der Waals surface area contributed by atoms with E-state index in [9.17, 15) is 9.90 Å². The van der Waals surface area contributed by atoms with Gasteiger partial charge in [-0.05, 0) is 52.9 Å². The van der Waals surface area contributed by atoms with E-state index in [-0.39, 0.29) is 11.7 Å². The lowest BCUT2D eigenvalue weighted by Gasteiger charge is -2.05. The van der Waals surface area contributed by atoms with Gasteiger partial charge in [0.15, 0.2) is 0 Å². The standard InChI is InChI=1S/C12H10IN3O2/c13-10-4-3-8(6-11(10)17)12(18)14-7-9-2-1-5-15-16-9/h1-6,17H,7H2,(H,14,18). The molecule has 0 aliphatic carbocycles. The first-order valence-corrected chi connectivity index (χ1v) is 6.28. The average Bonchev–Trinajstić information content (AvgIpc) is 2.40. The van der Waals surface area contributed by atoms with Crippen molar-refractivity contribution in [3.8, 4) is 5.75 Å². The zero-order valence-electron chi connectivity index (χ0n) is 9.30. The Hall–Kier alpha value is -1.70. The molecule has 1 amide bonds. The molecule has 0 aliphatic heterocycles. The average molecular weight is 355 g/mol. The van der Waals surface area contributed by atoms with E-state index in [1.54, 1.807) is 30.5 Å². The van der Waals surface area contributed by atoms with Crippen LogP contribution in [0.4, 0.5) is 0 Å². The van der Waals surface area contributed by atoms with Gasteiger partial charge >= 0.3 is 0 Å². The van der Waals surface area contributed by atoms with E-state index in [1.165, 1.54) is 6.07 Å². The first kappa shape index (κ1) is 12.7. The van der Waals surface area contributed by atoms with Gasteiger partial charge in [0.1, 0.15) is 5.75 Å². The fourth-order valence-electron chi connectivity index (χ4n) is 1.35. The van der Waals surface area contributed by atoms with Crippen molar-refractivity contribution in [2.24, 2.45) is 0 Å². The predicted octanol–water partition coefficient (Wildman–Crippen LogP) is 1.72. The number of carbonyl (C=O) groups excluding carboxylic acids is 1. The van der Waals surface area contributed by atoms with Crippen LogP contribution < -0.4 is 5.32 Å². The maximum atomic E-state index is 11.8. The van der Waals surface area contributed by atoms with Crippen LogP contribution in [0.25, 0.3) is 0 Å². The van der Waals surface area contributed by atoms with Crippen LogP contribution in [-0.4, -0.2) is 21.2 Å². The highest BCUT2D eigenvalue weighted by molar-refractivity contribution is 14.1. The second-order valence-electron chi connectivity index (χ2n) is 3.56. The topological polar surface area (TPSA) is 75.1 Å². The minimum Gasteiger partial charge on any atom is -0.507 e. The van der Waals surface area contributed by atoms with E-state index in [1.807, 2.05) is 22.6 Å². The molecule has 92 valence electrons. The van der Waals surface area contributed by atoms with E-state index in [2.05, 4.69) is 15.5 Å². The van der Waals surface area contributed by atoms with Gasteiger partial charge in [0.25, 0.3) is 5.91 Å². The lowest BCUT2D eigenvalue weighted by Crippen LogP contribution is -2.23. The van der Waals surface area contributed by atoms with E-state index in [0.29, 0.717) is 21.4 Å². The van der Waals surface area contributed by atoms with Crippen molar-refractivity contribution >= 4 is 28.5 Å². The summed E-state index contributed by atoms with van der Waals surface area (Å²) in [6, 6.07) is 8.32. The van der Waals surface area contributed by atoms with Crippen molar-refractivity contribution in [1.29, 1.82) is 0 Å². The molecule has 0 bridgehead atoms. The number of hydrogen-bond acceptors (Lipinski definition) is 4. The van der Waals surface area contributed by atoms with Crippen LogP contribution in [0.3, 0.4) is 0 Å². The number of hydrogen-bond donors (Lipinski definition) is 2. The Kier molecular flexibility index (Phi) is 4.08. The maximum absolute atomic E-state index is 11.8. The summed E-state index contributed by atoms with van der Waals surface area (Å²) in [6.07, 6.45) is 1.57. The molecule has 0 spiro atoms. The van der Waals surface area contributed by atoms with Crippen molar-refractivity contribution < 1.29 is 9.90 Å². The normalized spacial score (nSPS) is 10.1. The van der Waals surface area contributed by atoms with Crippen molar-refractivity contribution in [3.63, 3.8) is 0 Å². The Balaban J connectivity index is 2.02. The molecule has 2 N–H and O–H groups in total. The van der Waals surface area contributed by atoms with Gasteiger partial charge in [-0.3, -0.25) is 4.79 Å². The first-order chi connectivity index (χ1) is 8.66. The number of carbonyl (C=O) groups is 1. The van der Waals surface area contributed by atoms with Gasteiger partial charge in [0, 0.05) is 11.8 Å². The van der Waals surface area contributed by atoms with E-state index < -0.39 is 0 Å². The van der Waals surface area contributed by atoms with Crippen LogP contribution in [0.5, 0.6) is 5.75 Å². The molecule has 6 heteroatoms. The maximum Gasteiger partial charge on any atom is 0.251 e. The Bertz CT molecular complexity index is 561. The minimum absolute atomic E-state index is 0.0998. The summed E-state index contributed by atoms with van der Waals surface area (Å²) in [5, 5.41) is 19.8. The number of halogens is 1. The summed E-state index contributed by atoms with van der Waals surface area (Å²) in [7, 11) is 0. The van der Waals surface area contributed by atoms with Gasteiger partial charge in [-0.15, -0.1) is 0 Å². The summed E-state index contributed by atoms with van der Waals surface area (Å²) in [5.41, 5.74) is 1.09. The van der Waals surface area contributed by atoms with Gasteiger partial charge in [0.05, 0.1) is 15.8 Å². The third-order valence-electron chi connectivity index (χ3n) is 2.27. The quantitative estimate of drug-likeness (QED) is 0.823. The van der Waals surface area contributed by atoms with Crippen molar-refractivity contribution in [1.82, 2.24) is 15.5 Å². The number of phenols is 1. The summed E-state index contributed by atoms with van der Waals surface area (Å²) >= 11 is 2.00. The molecular formula is C12H10IN3O2. The smallest absolute Gasteiger partial charge is 0.251 e. The highest BCUT2D eigenvalue weighted by Crippen LogP contribution is 2.20. The Labute approximate surface area is 117 Å². The fourth-order valence-corrected chi connectivity index (χ4v) is 1.69. The third kappa shape index (κ3) is 3.16. The second kappa shape index (κ2) is 5.76. The lowest BCUT2D eigenvalue weighted by atomic mass is 10.2. The molecule has 0 saturated carbocycles. The molecule has 0 aliphatic rings. The lowest BCUT2D eigenvalue weighted by molar-refractivity contribution is 0.0950. The van der Waals surface area contributed by atoms with Crippen molar-refractivity contribution in [2.45, 2.75) is 6.54 Å². The fraction of sp³-hybridized carbons (Fsp3) is 0.0833. The highest BCUT2D eigenvalue weighted by Gasteiger charge is 2.08. The summed E-state index contributed by atoms with van der Waals surface area (Å²) < 4.78 is 0.707. The number of aromatic nitrogens is 2.